The lowest BCUT2D eigenvalue weighted by molar-refractivity contribution is 0.248. The molecule has 0 saturated heterocycles. The number of aryl methyl sites for hydroxylation is 2. The Morgan fingerprint density at radius 3 is 2.05 bits per heavy atom. The van der Waals surface area contributed by atoms with Crippen molar-refractivity contribution in [2.24, 2.45) is 11.8 Å². The van der Waals surface area contributed by atoms with Crippen molar-refractivity contribution in [3.8, 4) is 0 Å². The predicted molar refractivity (Wildman–Crippen MR) is 93.9 cm³/mol. The second kappa shape index (κ2) is 9.97. The minimum atomic E-state index is 0.918. The molecule has 0 aromatic carbocycles. The minimum absolute atomic E-state index is 0.918. The lowest BCUT2D eigenvalue weighted by atomic mass is 9.78. The van der Waals surface area contributed by atoms with Gasteiger partial charge in [-0.25, -0.2) is 9.97 Å². The van der Waals surface area contributed by atoms with Gasteiger partial charge in [-0.2, -0.15) is 0 Å². The van der Waals surface area contributed by atoms with Crippen molar-refractivity contribution in [1.82, 2.24) is 9.97 Å². The van der Waals surface area contributed by atoms with Gasteiger partial charge in [-0.05, 0) is 30.2 Å². The molecule has 0 bridgehead atoms. The van der Waals surface area contributed by atoms with Crippen LogP contribution in [0.3, 0.4) is 0 Å². The zero-order valence-electron chi connectivity index (χ0n) is 14.7. The Bertz CT molecular complexity index is 391. The van der Waals surface area contributed by atoms with Crippen LogP contribution in [-0.2, 0) is 12.8 Å². The van der Waals surface area contributed by atoms with E-state index in [1.165, 1.54) is 69.8 Å². The fraction of sp³-hybridized carbons (Fsp3) is 0.800. The average Bonchev–Trinajstić information content (AvgIpc) is 2.56. The van der Waals surface area contributed by atoms with Crippen LogP contribution in [0, 0.1) is 11.8 Å². The van der Waals surface area contributed by atoms with E-state index in [9.17, 15) is 0 Å². The molecule has 0 unspecified atom stereocenters. The van der Waals surface area contributed by atoms with Gasteiger partial charge in [-0.15, -0.1) is 0 Å². The van der Waals surface area contributed by atoms with Crippen LogP contribution in [0.4, 0.5) is 0 Å². The predicted octanol–water partition coefficient (Wildman–Crippen LogP) is 5.75. The van der Waals surface area contributed by atoms with Crippen molar-refractivity contribution >= 4 is 0 Å². The lowest BCUT2D eigenvalue weighted by Crippen LogP contribution is -2.15. The van der Waals surface area contributed by atoms with Gasteiger partial charge in [0.1, 0.15) is 5.82 Å². The van der Waals surface area contributed by atoms with Crippen LogP contribution in [0.1, 0.15) is 89.4 Å². The average molecular weight is 303 g/mol. The van der Waals surface area contributed by atoms with E-state index >= 15 is 0 Å². The molecule has 1 saturated carbocycles. The first-order valence-electron chi connectivity index (χ1n) is 9.61. The number of nitrogens with zero attached hydrogens (tertiary/aromatic N) is 2. The highest BCUT2D eigenvalue weighted by Gasteiger charge is 2.20. The summed E-state index contributed by atoms with van der Waals surface area (Å²) in [5, 5.41) is 0. The van der Waals surface area contributed by atoms with Gasteiger partial charge >= 0.3 is 0 Å². The summed E-state index contributed by atoms with van der Waals surface area (Å²) in [6.45, 7) is 4.50. The SMILES string of the molecule is CCCCC[C@H]1CC[C@H](CCc2ncc(CCC)cn2)CC1. The minimum Gasteiger partial charge on any atom is -0.241 e. The molecule has 1 aliphatic carbocycles. The van der Waals surface area contributed by atoms with Gasteiger partial charge in [0.2, 0.25) is 0 Å². The van der Waals surface area contributed by atoms with Gasteiger partial charge in [0, 0.05) is 18.8 Å². The first-order chi connectivity index (χ1) is 10.8. The summed E-state index contributed by atoms with van der Waals surface area (Å²) in [4.78, 5) is 9.07. The van der Waals surface area contributed by atoms with Crippen LogP contribution in [0.15, 0.2) is 12.4 Å². The van der Waals surface area contributed by atoms with Gasteiger partial charge in [-0.1, -0.05) is 71.6 Å². The second-order valence-electron chi connectivity index (χ2n) is 7.18. The van der Waals surface area contributed by atoms with E-state index in [2.05, 4.69) is 23.8 Å². The van der Waals surface area contributed by atoms with Crippen molar-refractivity contribution in [3.05, 3.63) is 23.8 Å². The van der Waals surface area contributed by atoms with Crippen molar-refractivity contribution in [2.45, 2.75) is 90.9 Å². The molecule has 2 nitrogen and oxygen atoms in total. The molecule has 0 spiro atoms. The summed E-state index contributed by atoms with van der Waals surface area (Å²) < 4.78 is 0. The first-order valence-corrected chi connectivity index (χ1v) is 9.61. The van der Waals surface area contributed by atoms with Crippen molar-refractivity contribution in [1.29, 1.82) is 0 Å². The summed E-state index contributed by atoms with van der Waals surface area (Å²) in [5.74, 6) is 2.98. The molecule has 1 fully saturated rings. The van der Waals surface area contributed by atoms with E-state index < -0.39 is 0 Å². The molecular weight excluding hydrogens is 268 g/mol. The monoisotopic (exact) mass is 302 g/mol. The molecule has 0 aliphatic heterocycles. The first kappa shape index (κ1) is 17.4. The standard InChI is InChI=1S/C20H34N2/c1-3-5-6-8-17-9-11-18(12-10-17)13-14-20-21-15-19(7-4-2)16-22-20/h15-18H,3-14H2,1-2H3/t17-,18-. The van der Waals surface area contributed by atoms with Gasteiger partial charge in [0.15, 0.2) is 0 Å². The highest BCUT2D eigenvalue weighted by Crippen LogP contribution is 2.34. The fourth-order valence-corrected chi connectivity index (χ4v) is 3.75. The van der Waals surface area contributed by atoms with Gasteiger partial charge in [-0.3, -0.25) is 0 Å². The van der Waals surface area contributed by atoms with E-state index in [0.717, 1.165) is 30.5 Å². The largest absolute Gasteiger partial charge is 0.241 e. The van der Waals surface area contributed by atoms with E-state index in [1.54, 1.807) is 0 Å². The number of rotatable bonds is 9. The maximum atomic E-state index is 4.54. The van der Waals surface area contributed by atoms with Crippen LogP contribution in [0.25, 0.3) is 0 Å². The van der Waals surface area contributed by atoms with E-state index in [-0.39, 0.29) is 0 Å². The summed E-state index contributed by atoms with van der Waals surface area (Å²) >= 11 is 0. The lowest BCUT2D eigenvalue weighted by Gasteiger charge is -2.28. The molecule has 2 heteroatoms. The van der Waals surface area contributed by atoms with Crippen molar-refractivity contribution in [3.63, 3.8) is 0 Å². The molecular formula is C20H34N2. The van der Waals surface area contributed by atoms with Gasteiger partial charge in [0.25, 0.3) is 0 Å². The Morgan fingerprint density at radius 2 is 1.45 bits per heavy atom. The van der Waals surface area contributed by atoms with E-state index in [4.69, 9.17) is 0 Å². The topological polar surface area (TPSA) is 25.8 Å². The summed E-state index contributed by atoms with van der Waals surface area (Å²) in [7, 11) is 0. The molecule has 0 N–H and O–H groups in total. The Hall–Kier alpha value is -0.920. The van der Waals surface area contributed by atoms with Crippen LogP contribution >= 0.6 is 0 Å². The van der Waals surface area contributed by atoms with Crippen LogP contribution in [0.5, 0.6) is 0 Å². The summed E-state index contributed by atoms with van der Waals surface area (Å²) in [6.07, 6.45) is 20.2. The smallest absolute Gasteiger partial charge is 0.128 e. The molecule has 1 aliphatic rings. The molecule has 0 radical (unpaired) electrons. The van der Waals surface area contributed by atoms with E-state index in [0.29, 0.717) is 0 Å². The van der Waals surface area contributed by atoms with Gasteiger partial charge in [0.05, 0.1) is 0 Å². The third kappa shape index (κ3) is 6.06. The Morgan fingerprint density at radius 1 is 0.818 bits per heavy atom. The highest BCUT2D eigenvalue weighted by molar-refractivity contribution is 5.05. The normalized spacial score (nSPS) is 21.9. The quantitative estimate of drug-likeness (QED) is 0.543. The molecule has 2 rings (SSSR count). The van der Waals surface area contributed by atoms with Crippen molar-refractivity contribution in [2.75, 3.05) is 0 Å². The Labute approximate surface area is 137 Å². The van der Waals surface area contributed by atoms with Crippen LogP contribution in [0.2, 0.25) is 0 Å². The summed E-state index contributed by atoms with van der Waals surface area (Å²) in [5.41, 5.74) is 1.28. The molecule has 124 valence electrons. The third-order valence-electron chi connectivity index (χ3n) is 5.26. The number of hydrogen-bond donors (Lipinski definition) is 0. The Balaban J connectivity index is 1.64. The number of unbranched alkanes of at least 4 members (excludes halogenated alkanes) is 2. The molecule has 0 amide bonds. The molecule has 0 atom stereocenters. The fourth-order valence-electron chi connectivity index (χ4n) is 3.75. The highest BCUT2D eigenvalue weighted by atomic mass is 14.9. The molecule has 1 aromatic rings. The Kier molecular flexibility index (Phi) is 7.90. The third-order valence-corrected chi connectivity index (χ3v) is 5.26. The number of hydrogen-bond acceptors (Lipinski definition) is 2. The number of aromatic nitrogens is 2. The van der Waals surface area contributed by atoms with E-state index in [1.807, 2.05) is 12.4 Å². The maximum absolute atomic E-state index is 4.54. The van der Waals surface area contributed by atoms with Crippen LogP contribution in [-0.4, -0.2) is 9.97 Å². The zero-order valence-corrected chi connectivity index (χ0v) is 14.7. The van der Waals surface area contributed by atoms with Gasteiger partial charge < -0.3 is 0 Å². The molecule has 1 aromatic heterocycles. The van der Waals surface area contributed by atoms with Crippen LogP contribution < -0.4 is 0 Å². The molecule has 1 heterocycles. The zero-order chi connectivity index (χ0) is 15.6. The molecule has 22 heavy (non-hydrogen) atoms. The maximum Gasteiger partial charge on any atom is 0.128 e. The summed E-state index contributed by atoms with van der Waals surface area (Å²) in [6, 6.07) is 0. The van der Waals surface area contributed by atoms with Crippen molar-refractivity contribution < 1.29 is 0 Å². The second-order valence-corrected chi connectivity index (χ2v) is 7.18.